The third kappa shape index (κ3) is 13.2. The Bertz CT molecular complexity index is 1270. The SMILES string of the molecule is CCCCCC#CCCc1ccccc1C1=C(CCCCC)C(CC)=C(c2cccc(CCCCCC)c2)[N+]1=[N-].C[CH2][Pd][CH2]C. The van der Waals surface area contributed by atoms with Gasteiger partial charge >= 0.3 is 41.6 Å². The van der Waals surface area contributed by atoms with Gasteiger partial charge in [-0.1, -0.05) is 103 Å². The number of unbranched alkanes of at least 4 members (excludes halogenated alkanes) is 8. The molecule has 0 saturated carbocycles. The van der Waals surface area contributed by atoms with Crippen LogP contribution in [0, 0.1) is 11.8 Å². The Hall–Kier alpha value is -2.26. The molecular formula is C42H62N2Pd. The molecule has 0 amide bonds. The van der Waals surface area contributed by atoms with Crippen LogP contribution in [-0.4, -0.2) is 4.70 Å². The number of rotatable bonds is 19. The fourth-order valence-electron chi connectivity index (χ4n) is 6.02. The minimum atomic E-state index is 0.855. The second-order valence-electron chi connectivity index (χ2n) is 11.9. The molecule has 45 heavy (non-hydrogen) atoms. The van der Waals surface area contributed by atoms with Crippen LogP contribution in [0.5, 0.6) is 0 Å². The molecule has 0 fully saturated rings. The summed E-state index contributed by atoms with van der Waals surface area (Å²) in [5.74, 6) is 6.78. The molecule has 0 bridgehead atoms. The molecule has 0 radical (unpaired) electrons. The second-order valence-corrected chi connectivity index (χ2v) is 14.8. The summed E-state index contributed by atoms with van der Waals surface area (Å²) < 4.78 is 1.53. The van der Waals surface area contributed by atoms with Gasteiger partial charge in [0.2, 0.25) is 11.4 Å². The molecule has 2 nitrogen and oxygen atoms in total. The Morgan fingerprint density at radius 2 is 1.29 bits per heavy atom. The zero-order valence-electron chi connectivity index (χ0n) is 29.6. The van der Waals surface area contributed by atoms with Gasteiger partial charge in [-0.2, -0.15) is 0 Å². The van der Waals surface area contributed by atoms with Crippen molar-refractivity contribution in [3.05, 3.63) is 87.5 Å². The Balaban J connectivity index is 0.00000130. The van der Waals surface area contributed by atoms with E-state index in [0.29, 0.717) is 0 Å². The van der Waals surface area contributed by atoms with Gasteiger partial charge in [-0.15, -0.1) is 11.8 Å². The van der Waals surface area contributed by atoms with Crippen molar-refractivity contribution in [3.63, 3.8) is 0 Å². The van der Waals surface area contributed by atoms with Crippen molar-refractivity contribution in [2.45, 2.75) is 154 Å². The number of allylic oxidation sites excluding steroid dienone is 2. The first-order valence-corrected chi connectivity index (χ1v) is 20.3. The number of benzene rings is 2. The molecule has 0 unspecified atom stereocenters. The van der Waals surface area contributed by atoms with Crippen LogP contribution in [-0.2, 0) is 30.8 Å². The van der Waals surface area contributed by atoms with Crippen LogP contribution in [0.25, 0.3) is 16.9 Å². The molecule has 1 aliphatic heterocycles. The zero-order valence-corrected chi connectivity index (χ0v) is 31.1. The normalized spacial score (nSPS) is 12.8. The van der Waals surface area contributed by atoms with Crippen molar-refractivity contribution in [2.75, 3.05) is 0 Å². The van der Waals surface area contributed by atoms with E-state index < -0.39 is 0 Å². The van der Waals surface area contributed by atoms with Gasteiger partial charge in [0.1, 0.15) is 0 Å². The van der Waals surface area contributed by atoms with Gasteiger partial charge in [0, 0.05) is 35.1 Å². The Labute approximate surface area is 286 Å². The van der Waals surface area contributed by atoms with E-state index in [4.69, 9.17) is 0 Å². The standard InChI is InChI=1S/C38H52N2.2C2H5.Pd/c1-5-9-12-14-15-16-19-25-32-26-20-21-28-35(32)38-36(29-17-11-7-3)34(8-4)37(40(38)39)33-27-22-24-31(30-33)23-18-13-10-6-2;2*1-2;/h20-22,24,26-28,30H,5-14,17-19,23,25,29H2,1-4H3;2*1H2,2H3;. The molecular weight excluding hydrogens is 639 g/mol. The quantitative estimate of drug-likeness (QED) is 0.0603. The van der Waals surface area contributed by atoms with Crippen LogP contribution >= 0.6 is 0 Å². The maximum absolute atomic E-state index is 11.9. The van der Waals surface area contributed by atoms with Crippen molar-refractivity contribution in [1.82, 2.24) is 0 Å². The van der Waals surface area contributed by atoms with E-state index in [1.54, 1.807) is 0 Å². The van der Waals surface area contributed by atoms with E-state index >= 15 is 0 Å². The fraction of sp³-hybridized carbons (Fsp3) is 0.571. The molecule has 0 spiro atoms. The molecule has 1 aliphatic rings. The molecule has 3 heteroatoms. The van der Waals surface area contributed by atoms with Crippen LogP contribution in [0.2, 0.25) is 9.79 Å². The summed E-state index contributed by atoms with van der Waals surface area (Å²) in [6.07, 6.45) is 18.0. The predicted octanol–water partition coefficient (Wildman–Crippen LogP) is 13.4. The van der Waals surface area contributed by atoms with Crippen LogP contribution in [0.15, 0.2) is 59.7 Å². The molecule has 0 aliphatic carbocycles. The van der Waals surface area contributed by atoms with Gasteiger partial charge in [-0.25, -0.2) is 4.70 Å². The Morgan fingerprint density at radius 1 is 0.622 bits per heavy atom. The van der Waals surface area contributed by atoms with Crippen molar-refractivity contribution in [3.8, 4) is 11.8 Å². The summed E-state index contributed by atoms with van der Waals surface area (Å²) in [6.45, 7) is 13.5. The monoisotopic (exact) mass is 700 g/mol. The molecule has 2 aromatic rings. The average Bonchev–Trinajstić information content (AvgIpc) is 3.34. The van der Waals surface area contributed by atoms with Gasteiger partial charge in [-0.3, -0.25) is 0 Å². The first-order chi connectivity index (χ1) is 22.1. The number of nitrogens with zero attached hydrogens (tertiary/aromatic N) is 2. The van der Waals surface area contributed by atoms with Crippen LogP contribution in [0.3, 0.4) is 0 Å². The average molecular weight is 701 g/mol. The van der Waals surface area contributed by atoms with Gasteiger partial charge < -0.3 is 5.53 Å². The van der Waals surface area contributed by atoms with Gasteiger partial charge in [0.05, 0.1) is 0 Å². The summed E-state index contributed by atoms with van der Waals surface area (Å²) >= 11 is 1.04. The zero-order chi connectivity index (χ0) is 32.7. The second kappa shape index (κ2) is 24.0. The third-order valence-corrected chi connectivity index (χ3v) is 9.96. The summed E-state index contributed by atoms with van der Waals surface area (Å²) in [4.78, 5) is 2.79. The van der Waals surface area contributed by atoms with Crippen molar-refractivity contribution >= 4 is 11.4 Å². The number of hydrogen-bond donors (Lipinski definition) is 0. The fourth-order valence-corrected chi connectivity index (χ4v) is 6.80. The summed E-state index contributed by atoms with van der Waals surface area (Å²) in [7, 11) is 0. The van der Waals surface area contributed by atoms with Gasteiger partial charge in [0.25, 0.3) is 0 Å². The molecule has 1 heterocycles. The van der Waals surface area contributed by atoms with E-state index in [0.717, 1.165) is 85.4 Å². The maximum atomic E-state index is 11.9. The first-order valence-electron chi connectivity index (χ1n) is 18.1. The van der Waals surface area contributed by atoms with Crippen LogP contribution < -0.4 is 0 Å². The first kappa shape index (κ1) is 38.9. The summed E-state index contributed by atoms with van der Waals surface area (Å²) in [5.41, 5.74) is 21.4. The predicted molar refractivity (Wildman–Crippen MR) is 194 cm³/mol. The third-order valence-electron chi connectivity index (χ3n) is 8.40. The van der Waals surface area contributed by atoms with E-state index in [1.165, 1.54) is 94.5 Å². The summed E-state index contributed by atoms with van der Waals surface area (Å²) in [6, 6.07) is 17.6. The number of aryl methyl sites for hydroxylation is 2. The van der Waals surface area contributed by atoms with E-state index in [-0.39, 0.29) is 0 Å². The van der Waals surface area contributed by atoms with Crippen LogP contribution in [0.4, 0.5) is 0 Å². The van der Waals surface area contributed by atoms with Crippen molar-refractivity contribution < 1.29 is 22.7 Å². The topological polar surface area (TPSA) is 25.3 Å². The molecule has 250 valence electrons. The van der Waals surface area contributed by atoms with E-state index in [9.17, 15) is 5.53 Å². The minimum absolute atomic E-state index is 0.855. The summed E-state index contributed by atoms with van der Waals surface area (Å²) in [5, 5.41) is 0. The molecule has 0 aromatic heterocycles. The molecule has 3 rings (SSSR count). The molecule has 0 N–H and O–H groups in total. The van der Waals surface area contributed by atoms with Crippen molar-refractivity contribution in [1.29, 1.82) is 0 Å². The molecule has 0 saturated heterocycles. The Morgan fingerprint density at radius 3 is 1.98 bits per heavy atom. The van der Waals surface area contributed by atoms with Gasteiger partial charge in [0.15, 0.2) is 0 Å². The van der Waals surface area contributed by atoms with Crippen molar-refractivity contribution in [2.24, 2.45) is 0 Å². The van der Waals surface area contributed by atoms with Gasteiger partial charge in [-0.05, 0) is 74.3 Å². The molecule has 2 aromatic carbocycles. The molecule has 0 atom stereocenters. The Kier molecular flexibility index (Phi) is 20.8. The van der Waals surface area contributed by atoms with E-state index in [2.05, 4.69) is 102 Å². The van der Waals surface area contributed by atoms with Crippen LogP contribution in [0.1, 0.15) is 154 Å². The number of hydrogen-bond acceptors (Lipinski definition) is 0. The van der Waals surface area contributed by atoms with E-state index in [1.807, 2.05) is 0 Å².